The van der Waals surface area contributed by atoms with E-state index < -0.39 is 0 Å². The standard InChI is InChI=1S/C15H20ClNO3/c1-20-12-7-5-6-11(13(12)18)14(19)17-15(10-16)8-3-2-4-9-15/h5-7,18H,2-4,8-10H2,1H3,(H,17,19). The number of aromatic hydroxyl groups is 1. The lowest BCUT2D eigenvalue weighted by Crippen LogP contribution is -2.51. The van der Waals surface area contributed by atoms with Crippen molar-refractivity contribution in [3.05, 3.63) is 23.8 Å². The van der Waals surface area contributed by atoms with Crippen LogP contribution >= 0.6 is 11.6 Å². The number of ether oxygens (including phenoxy) is 1. The molecule has 0 heterocycles. The van der Waals surface area contributed by atoms with E-state index in [1.807, 2.05) is 0 Å². The average molecular weight is 298 g/mol. The van der Waals surface area contributed by atoms with Crippen LogP contribution in [0.5, 0.6) is 11.5 Å². The molecular weight excluding hydrogens is 278 g/mol. The third-order valence-corrected chi connectivity index (χ3v) is 4.42. The van der Waals surface area contributed by atoms with Gasteiger partial charge in [0.2, 0.25) is 0 Å². The van der Waals surface area contributed by atoms with Crippen molar-refractivity contribution in [1.82, 2.24) is 5.32 Å². The van der Waals surface area contributed by atoms with Gasteiger partial charge in [-0.3, -0.25) is 4.79 Å². The van der Waals surface area contributed by atoms with Crippen LogP contribution < -0.4 is 10.1 Å². The van der Waals surface area contributed by atoms with Gasteiger partial charge in [-0.1, -0.05) is 25.3 Å². The van der Waals surface area contributed by atoms with E-state index in [1.54, 1.807) is 18.2 Å². The van der Waals surface area contributed by atoms with Gasteiger partial charge in [-0.05, 0) is 25.0 Å². The lowest BCUT2D eigenvalue weighted by Gasteiger charge is -2.36. The van der Waals surface area contributed by atoms with Gasteiger partial charge >= 0.3 is 0 Å². The zero-order valence-corrected chi connectivity index (χ0v) is 12.4. The van der Waals surface area contributed by atoms with Gasteiger partial charge in [0.05, 0.1) is 18.2 Å². The maximum Gasteiger partial charge on any atom is 0.255 e. The number of carbonyl (C=O) groups excluding carboxylic acids is 1. The number of nitrogens with one attached hydrogen (secondary N) is 1. The predicted octanol–water partition coefficient (Wildman–Crippen LogP) is 3.07. The van der Waals surface area contributed by atoms with Gasteiger partial charge < -0.3 is 15.2 Å². The largest absolute Gasteiger partial charge is 0.504 e. The van der Waals surface area contributed by atoms with Gasteiger partial charge in [0.1, 0.15) is 0 Å². The molecule has 0 aliphatic heterocycles. The molecule has 1 aliphatic rings. The fourth-order valence-corrected chi connectivity index (χ4v) is 3.03. The normalized spacial score (nSPS) is 17.5. The summed E-state index contributed by atoms with van der Waals surface area (Å²) in [6.45, 7) is 0. The summed E-state index contributed by atoms with van der Waals surface area (Å²) in [5.74, 6) is 0.252. The lowest BCUT2D eigenvalue weighted by atomic mass is 9.83. The Labute approximate surface area is 124 Å². The molecule has 0 atom stereocenters. The minimum atomic E-state index is -0.355. The van der Waals surface area contributed by atoms with Crippen LogP contribution in [0.15, 0.2) is 18.2 Å². The van der Waals surface area contributed by atoms with Crippen molar-refractivity contribution < 1.29 is 14.6 Å². The average Bonchev–Trinajstić information content (AvgIpc) is 2.48. The topological polar surface area (TPSA) is 58.6 Å². The highest BCUT2D eigenvalue weighted by atomic mass is 35.5. The molecule has 0 radical (unpaired) electrons. The molecule has 1 aromatic carbocycles. The molecule has 2 rings (SSSR count). The number of halogens is 1. The summed E-state index contributed by atoms with van der Waals surface area (Å²) in [7, 11) is 1.46. The lowest BCUT2D eigenvalue weighted by molar-refractivity contribution is 0.0881. The molecule has 0 spiro atoms. The Hall–Kier alpha value is -1.42. The highest BCUT2D eigenvalue weighted by Gasteiger charge is 2.33. The number of carbonyl (C=O) groups is 1. The first-order valence-corrected chi connectivity index (χ1v) is 7.40. The number of alkyl halides is 1. The molecule has 1 aromatic rings. The van der Waals surface area contributed by atoms with Crippen LogP contribution in [0.3, 0.4) is 0 Å². The van der Waals surface area contributed by atoms with Gasteiger partial charge in [0.15, 0.2) is 11.5 Å². The van der Waals surface area contributed by atoms with Crippen molar-refractivity contribution in [2.45, 2.75) is 37.6 Å². The van der Waals surface area contributed by atoms with Crippen LogP contribution in [0.1, 0.15) is 42.5 Å². The zero-order valence-electron chi connectivity index (χ0n) is 11.6. The molecule has 0 bridgehead atoms. The SMILES string of the molecule is COc1cccc(C(=O)NC2(CCl)CCCCC2)c1O. The van der Waals surface area contributed by atoms with Crippen LogP contribution in [0.2, 0.25) is 0 Å². The summed E-state index contributed by atoms with van der Waals surface area (Å²) in [5, 5.41) is 13.0. The fourth-order valence-electron chi connectivity index (χ4n) is 2.70. The van der Waals surface area contributed by atoms with E-state index in [1.165, 1.54) is 13.5 Å². The Morgan fingerprint density at radius 3 is 2.70 bits per heavy atom. The van der Waals surface area contributed by atoms with Crippen molar-refractivity contribution in [2.75, 3.05) is 13.0 Å². The molecule has 1 fully saturated rings. The first-order valence-electron chi connectivity index (χ1n) is 6.86. The highest BCUT2D eigenvalue weighted by molar-refractivity contribution is 6.19. The second kappa shape index (κ2) is 6.35. The van der Waals surface area contributed by atoms with Gasteiger partial charge in [0, 0.05) is 5.88 Å². The minimum absolute atomic E-state index is 0.131. The number of amides is 1. The van der Waals surface area contributed by atoms with Crippen LogP contribution in [-0.4, -0.2) is 29.5 Å². The number of phenolic OH excluding ortho intramolecular Hbond substituents is 1. The minimum Gasteiger partial charge on any atom is -0.504 e. The molecule has 1 saturated carbocycles. The summed E-state index contributed by atoms with van der Waals surface area (Å²) in [5.41, 5.74) is -0.133. The Morgan fingerprint density at radius 2 is 2.10 bits per heavy atom. The van der Waals surface area contributed by atoms with Gasteiger partial charge in [-0.25, -0.2) is 0 Å². The van der Waals surface area contributed by atoms with Crippen molar-refractivity contribution in [3.8, 4) is 11.5 Å². The number of rotatable bonds is 4. The van der Waals surface area contributed by atoms with Crippen molar-refractivity contribution >= 4 is 17.5 Å². The van der Waals surface area contributed by atoms with Crippen LogP contribution in [0, 0.1) is 0 Å². The predicted molar refractivity (Wildman–Crippen MR) is 78.7 cm³/mol. The Balaban J connectivity index is 2.19. The maximum absolute atomic E-state index is 12.4. The second-order valence-corrected chi connectivity index (χ2v) is 5.55. The molecule has 2 N–H and O–H groups in total. The van der Waals surface area contributed by atoms with E-state index in [0.29, 0.717) is 11.6 Å². The third-order valence-electron chi connectivity index (χ3n) is 3.91. The molecule has 20 heavy (non-hydrogen) atoms. The highest BCUT2D eigenvalue weighted by Crippen LogP contribution is 2.32. The van der Waals surface area contributed by atoms with Crippen LogP contribution in [0.25, 0.3) is 0 Å². The molecule has 5 heteroatoms. The van der Waals surface area contributed by atoms with Crippen molar-refractivity contribution in [1.29, 1.82) is 0 Å². The Kier molecular flexibility index (Phi) is 4.76. The number of hydrogen-bond donors (Lipinski definition) is 2. The van der Waals surface area contributed by atoms with E-state index >= 15 is 0 Å². The third kappa shape index (κ3) is 3.01. The Bertz CT molecular complexity index is 484. The first kappa shape index (κ1) is 15.0. The van der Waals surface area contributed by atoms with Crippen molar-refractivity contribution in [2.24, 2.45) is 0 Å². The fraction of sp³-hybridized carbons (Fsp3) is 0.533. The van der Waals surface area contributed by atoms with Crippen molar-refractivity contribution in [3.63, 3.8) is 0 Å². The molecule has 0 aromatic heterocycles. The molecule has 110 valence electrons. The van der Waals surface area contributed by atoms with E-state index in [4.69, 9.17) is 16.3 Å². The molecule has 4 nitrogen and oxygen atoms in total. The Morgan fingerprint density at radius 1 is 1.40 bits per heavy atom. The maximum atomic E-state index is 12.4. The number of para-hydroxylation sites is 1. The monoisotopic (exact) mass is 297 g/mol. The summed E-state index contributed by atoms with van der Waals surface area (Å²) >= 11 is 6.07. The summed E-state index contributed by atoms with van der Waals surface area (Å²) in [4.78, 5) is 12.4. The van der Waals surface area contributed by atoms with Gasteiger partial charge in [-0.2, -0.15) is 0 Å². The quantitative estimate of drug-likeness (QED) is 0.840. The molecule has 1 amide bonds. The van der Waals surface area contributed by atoms with E-state index in [9.17, 15) is 9.90 Å². The molecule has 1 aliphatic carbocycles. The van der Waals surface area contributed by atoms with Crippen LogP contribution in [-0.2, 0) is 0 Å². The van der Waals surface area contributed by atoms with Gasteiger partial charge in [-0.15, -0.1) is 11.6 Å². The number of methoxy groups -OCH3 is 1. The van der Waals surface area contributed by atoms with E-state index in [2.05, 4.69) is 5.32 Å². The number of hydrogen-bond acceptors (Lipinski definition) is 3. The molecular formula is C15H20ClNO3. The summed E-state index contributed by atoms with van der Waals surface area (Å²) in [6.07, 6.45) is 5.08. The van der Waals surface area contributed by atoms with Crippen LogP contribution in [0.4, 0.5) is 0 Å². The smallest absolute Gasteiger partial charge is 0.255 e. The van der Waals surface area contributed by atoms with E-state index in [0.717, 1.165) is 25.7 Å². The number of benzene rings is 1. The zero-order chi connectivity index (χ0) is 14.6. The second-order valence-electron chi connectivity index (χ2n) is 5.29. The first-order chi connectivity index (χ1) is 9.62. The summed E-state index contributed by atoms with van der Waals surface area (Å²) < 4.78 is 5.02. The van der Waals surface area contributed by atoms with Gasteiger partial charge in [0.25, 0.3) is 5.91 Å². The molecule has 0 unspecified atom stereocenters. The number of phenols is 1. The summed E-state index contributed by atoms with van der Waals surface area (Å²) in [6, 6.07) is 4.88. The molecule has 0 saturated heterocycles. The van der Waals surface area contributed by atoms with E-state index in [-0.39, 0.29) is 22.8 Å².